The van der Waals surface area contributed by atoms with Gasteiger partial charge in [0, 0.05) is 50.2 Å². The van der Waals surface area contributed by atoms with Gasteiger partial charge in [-0.15, -0.1) is 0 Å². The van der Waals surface area contributed by atoms with Gasteiger partial charge in [0.25, 0.3) is 0 Å². The van der Waals surface area contributed by atoms with Crippen molar-refractivity contribution < 1.29 is 4.74 Å². The van der Waals surface area contributed by atoms with Gasteiger partial charge in [0.05, 0.1) is 7.11 Å². The molecule has 1 aromatic heterocycles. The number of likely N-dealkylation sites (N-methyl/N-ethyl adjacent to an activating group) is 1. The molecule has 1 aliphatic heterocycles. The van der Waals surface area contributed by atoms with Crippen molar-refractivity contribution in [2.75, 3.05) is 33.8 Å². The number of hydrogen-bond donors (Lipinski definition) is 0. The van der Waals surface area contributed by atoms with Gasteiger partial charge >= 0.3 is 0 Å². The topological polar surface area (TPSA) is 41.5 Å². The van der Waals surface area contributed by atoms with Crippen molar-refractivity contribution in [2.24, 2.45) is 0 Å². The molecular weight excluding hydrogens is 288 g/mol. The Bertz CT molecular complexity index is 626. The molecule has 1 aliphatic rings. The SMILES string of the molecule is COc1ccc([C@@H]2CN(Cc3cnc(C)nc3)CCN2C)cc1. The Hall–Kier alpha value is -1.98. The Balaban J connectivity index is 1.69. The van der Waals surface area contributed by atoms with Crippen molar-refractivity contribution in [3.8, 4) is 5.75 Å². The molecule has 0 bridgehead atoms. The molecule has 1 aromatic carbocycles. The number of rotatable bonds is 4. The van der Waals surface area contributed by atoms with Crippen LogP contribution in [0.3, 0.4) is 0 Å². The highest BCUT2D eigenvalue weighted by Crippen LogP contribution is 2.26. The van der Waals surface area contributed by atoms with E-state index in [0.717, 1.165) is 37.8 Å². The first-order chi connectivity index (χ1) is 11.2. The van der Waals surface area contributed by atoms with E-state index in [-0.39, 0.29) is 0 Å². The number of nitrogens with zero attached hydrogens (tertiary/aromatic N) is 4. The van der Waals surface area contributed by atoms with Gasteiger partial charge in [0.15, 0.2) is 0 Å². The van der Waals surface area contributed by atoms with Crippen LogP contribution in [0.2, 0.25) is 0 Å². The minimum atomic E-state index is 0.404. The van der Waals surface area contributed by atoms with Gasteiger partial charge in [0.1, 0.15) is 11.6 Å². The summed E-state index contributed by atoms with van der Waals surface area (Å²) in [6.07, 6.45) is 3.87. The molecule has 122 valence electrons. The van der Waals surface area contributed by atoms with Gasteiger partial charge in [-0.25, -0.2) is 9.97 Å². The molecule has 0 aliphatic carbocycles. The maximum atomic E-state index is 5.26. The van der Waals surface area contributed by atoms with Gasteiger partial charge in [-0.3, -0.25) is 9.80 Å². The van der Waals surface area contributed by atoms with E-state index in [1.807, 2.05) is 31.5 Å². The van der Waals surface area contributed by atoms with E-state index in [2.05, 4.69) is 38.9 Å². The number of benzene rings is 1. The lowest BCUT2D eigenvalue weighted by Gasteiger charge is -2.39. The maximum absolute atomic E-state index is 5.26. The molecule has 0 saturated carbocycles. The second-order valence-electron chi connectivity index (χ2n) is 6.14. The van der Waals surface area contributed by atoms with Gasteiger partial charge in [-0.1, -0.05) is 12.1 Å². The summed E-state index contributed by atoms with van der Waals surface area (Å²) in [6, 6.07) is 8.81. The lowest BCUT2D eigenvalue weighted by atomic mass is 10.0. The smallest absolute Gasteiger partial charge is 0.125 e. The van der Waals surface area contributed by atoms with Crippen LogP contribution < -0.4 is 4.74 Å². The molecule has 0 amide bonds. The fourth-order valence-electron chi connectivity index (χ4n) is 3.02. The second-order valence-corrected chi connectivity index (χ2v) is 6.14. The highest BCUT2D eigenvalue weighted by atomic mass is 16.5. The molecular formula is C18H24N4O. The molecule has 2 heterocycles. The fraction of sp³-hybridized carbons (Fsp3) is 0.444. The van der Waals surface area contributed by atoms with Crippen molar-refractivity contribution in [3.63, 3.8) is 0 Å². The first kappa shape index (κ1) is 15.9. The van der Waals surface area contributed by atoms with E-state index in [9.17, 15) is 0 Å². The lowest BCUT2D eigenvalue weighted by molar-refractivity contribution is 0.0903. The van der Waals surface area contributed by atoms with Crippen LogP contribution in [0.25, 0.3) is 0 Å². The third kappa shape index (κ3) is 3.86. The minimum Gasteiger partial charge on any atom is -0.497 e. The Morgan fingerprint density at radius 2 is 1.83 bits per heavy atom. The molecule has 1 saturated heterocycles. The zero-order valence-electron chi connectivity index (χ0n) is 14.1. The molecule has 0 radical (unpaired) electrons. The number of aromatic nitrogens is 2. The quantitative estimate of drug-likeness (QED) is 0.866. The van der Waals surface area contributed by atoms with E-state index >= 15 is 0 Å². The lowest BCUT2D eigenvalue weighted by Crippen LogP contribution is -2.46. The van der Waals surface area contributed by atoms with Gasteiger partial charge in [-0.05, 0) is 31.7 Å². The van der Waals surface area contributed by atoms with Crippen molar-refractivity contribution in [2.45, 2.75) is 19.5 Å². The third-order valence-corrected chi connectivity index (χ3v) is 4.47. The molecule has 5 nitrogen and oxygen atoms in total. The Labute approximate surface area is 137 Å². The largest absolute Gasteiger partial charge is 0.497 e. The third-order valence-electron chi connectivity index (χ3n) is 4.47. The van der Waals surface area contributed by atoms with Gasteiger partial charge in [0.2, 0.25) is 0 Å². The van der Waals surface area contributed by atoms with Crippen LogP contribution in [-0.2, 0) is 6.54 Å². The molecule has 0 unspecified atom stereocenters. The summed E-state index contributed by atoms with van der Waals surface area (Å²) < 4.78 is 5.26. The van der Waals surface area contributed by atoms with Crippen LogP contribution in [0.5, 0.6) is 5.75 Å². The maximum Gasteiger partial charge on any atom is 0.125 e. The first-order valence-corrected chi connectivity index (χ1v) is 8.00. The van der Waals surface area contributed by atoms with E-state index < -0.39 is 0 Å². The van der Waals surface area contributed by atoms with Gasteiger partial charge in [-0.2, -0.15) is 0 Å². The normalized spacial score (nSPS) is 19.7. The molecule has 5 heteroatoms. The van der Waals surface area contributed by atoms with Crippen LogP contribution in [0.1, 0.15) is 23.0 Å². The summed E-state index contributed by atoms with van der Waals surface area (Å²) in [6.45, 7) is 5.96. The van der Waals surface area contributed by atoms with E-state index in [4.69, 9.17) is 4.74 Å². The highest BCUT2D eigenvalue weighted by molar-refractivity contribution is 5.29. The molecule has 2 aromatic rings. The summed E-state index contributed by atoms with van der Waals surface area (Å²) in [5, 5.41) is 0. The summed E-state index contributed by atoms with van der Waals surface area (Å²) in [5.74, 6) is 1.73. The van der Waals surface area contributed by atoms with Crippen LogP contribution >= 0.6 is 0 Å². The van der Waals surface area contributed by atoms with Crippen LogP contribution in [0.15, 0.2) is 36.7 Å². The number of aryl methyl sites for hydroxylation is 1. The van der Waals surface area contributed by atoms with Crippen molar-refractivity contribution in [1.29, 1.82) is 0 Å². The summed E-state index contributed by atoms with van der Waals surface area (Å²) >= 11 is 0. The Morgan fingerprint density at radius 1 is 1.13 bits per heavy atom. The van der Waals surface area contributed by atoms with Crippen LogP contribution in [0, 0.1) is 6.92 Å². The Kier molecular flexibility index (Phi) is 4.88. The molecule has 3 rings (SSSR count). The Morgan fingerprint density at radius 3 is 2.48 bits per heavy atom. The molecule has 1 atom stereocenters. The standard InChI is InChI=1S/C18H24N4O/c1-14-19-10-15(11-20-14)12-22-9-8-21(2)18(13-22)16-4-6-17(23-3)7-5-16/h4-7,10-11,18H,8-9,12-13H2,1-3H3/t18-/m0/s1. The predicted octanol–water partition coefficient (Wildman–Crippen LogP) is 2.28. The van der Waals surface area contributed by atoms with E-state index in [1.165, 1.54) is 11.1 Å². The molecule has 0 spiro atoms. The highest BCUT2D eigenvalue weighted by Gasteiger charge is 2.25. The molecule has 23 heavy (non-hydrogen) atoms. The summed E-state index contributed by atoms with van der Waals surface area (Å²) in [4.78, 5) is 13.5. The summed E-state index contributed by atoms with van der Waals surface area (Å²) in [7, 11) is 3.90. The van der Waals surface area contributed by atoms with Gasteiger partial charge < -0.3 is 4.74 Å². The van der Waals surface area contributed by atoms with E-state index in [1.54, 1.807) is 7.11 Å². The monoisotopic (exact) mass is 312 g/mol. The van der Waals surface area contributed by atoms with Crippen molar-refractivity contribution in [3.05, 3.63) is 53.6 Å². The second kappa shape index (κ2) is 7.06. The fourth-order valence-corrected chi connectivity index (χ4v) is 3.02. The number of piperazine rings is 1. The number of hydrogen-bond acceptors (Lipinski definition) is 5. The van der Waals surface area contributed by atoms with Crippen molar-refractivity contribution in [1.82, 2.24) is 19.8 Å². The zero-order valence-corrected chi connectivity index (χ0v) is 14.1. The zero-order chi connectivity index (χ0) is 16.2. The average molecular weight is 312 g/mol. The molecule has 0 N–H and O–H groups in total. The number of methoxy groups -OCH3 is 1. The summed E-state index contributed by atoms with van der Waals surface area (Å²) in [5.41, 5.74) is 2.51. The van der Waals surface area contributed by atoms with Crippen LogP contribution in [0.4, 0.5) is 0 Å². The van der Waals surface area contributed by atoms with Crippen molar-refractivity contribution >= 4 is 0 Å². The van der Waals surface area contributed by atoms with E-state index in [0.29, 0.717) is 6.04 Å². The van der Waals surface area contributed by atoms with Crippen LogP contribution in [-0.4, -0.2) is 53.6 Å². The molecule has 1 fully saturated rings. The predicted molar refractivity (Wildman–Crippen MR) is 90.4 cm³/mol. The minimum absolute atomic E-state index is 0.404. The first-order valence-electron chi connectivity index (χ1n) is 8.00. The number of ether oxygens (including phenoxy) is 1. The average Bonchev–Trinajstić information content (AvgIpc) is 2.59.